The Balaban J connectivity index is 0.00000166. The maximum Gasteiger partial charge on any atom is 0.573 e. The summed E-state index contributed by atoms with van der Waals surface area (Å²) in [6, 6.07) is 14.5. The number of nitrogens with zero attached hydrogens (tertiary/aromatic N) is 2. The fourth-order valence-corrected chi connectivity index (χ4v) is 2.87. The van der Waals surface area contributed by atoms with Crippen LogP contribution in [0.4, 0.5) is 18.9 Å². The Morgan fingerprint density at radius 3 is 2.39 bits per heavy atom. The summed E-state index contributed by atoms with van der Waals surface area (Å²) in [5, 5.41) is 6.57. The van der Waals surface area contributed by atoms with E-state index in [-0.39, 0.29) is 23.5 Å². The molecule has 0 unspecified atom stereocenters. The van der Waals surface area contributed by atoms with Crippen LogP contribution < -0.4 is 15.6 Å². The Morgan fingerprint density at radius 2 is 1.77 bits per heavy atom. The first kappa shape index (κ1) is 24.1. The van der Waals surface area contributed by atoms with Gasteiger partial charge in [-0.1, -0.05) is 41.9 Å². The normalized spacial score (nSPS) is 10.6. The number of benzene rings is 2. The molecule has 0 bridgehead atoms. The Morgan fingerprint density at radius 1 is 1.10 bits per heavy atom. The summed E-state index contributed by atoms with van der Waals surface area (Å²) in [4.78, 5) is 24.4. The Hall–Kier alpha value is -3.14. The summed E-state index contributed by atoms with van der Waals surface area (Å²) in [6.45, 7) is 4.17. The monoisotopic (exact) mass is 497 g/mol. The Kier molecular flexibility index (Phi) is 8.38. The summed E-state index contributed by atoms with van der Waals surface area (Å²) < 4.78 is 42.3. The van der Waals surface area contributed by atoms with Crippen molar-refractivity contribution in [2.45, 2.75) is 26.8 Å². The molecule has 10 heteroatoms. The lowest BCUT2D eigenvalue weighted by atomic mass is 10.2. The Bertz CT molecular complexity index is 1080. The number of rotatable bonds is 5. The van der Waals surface area contributed by atoms with Gasteiger partial charge in [0.05, 0.1) is 6.54 Å². The van der Waals surface area contributed by atoms with Crippen LogP contribution in [0.1, 0.15) is 29.9 Å². The highest BCUT2D eigenvalue weighted by Crippen LogP contribution is 2.24. The number of alkyl halides is 3. The van der Waals surface area contributed by atoms with Gasteiger partial charge in [0.1, 0.15) is 11.4 Å². The van der Waals surface area contributed by atoms with Gasteiger partial charge in [-0.2, -0.15) is 5.10 Å². The smallest absolute Gasteiger partial charge is 0.406 e. The molecule has 0 atom stereocenters. The van der Waals surface area contributed by atoms with Crippen molar-refractivity contribution in [2.24, 2.45) is 0 Å². The first-order valence-electron chi connectivity index (χ1n) is 9.19. The van der Waals surface area contributed by atoms with Crippen LogP contribution in [0.3, 0.4) is 0 Å². The standard InChI is InChI=1S/C19H13BrF3N3O3.C2H6/c20-13-3-1-2-12(10-13)11-26-17(27)9-8-16(25-26)18(28)24-14-4-6-15(7-5-14)29-19(21,22)23;1-2/h1-10H,11H2,(H,24,28);1-2H3. The van der Waals surface area contributed by atoms with Crippen molar-refractivity contribution in [2.75, 3.05) is 5.32 Å². The minimum atomic E-state index is -4.79. The molecule has 0 fully saturated rings. The third-order valence-corrected chi connectivity index (χ3v) is 4.16. The maximum absolute atomic E-state index is 12.4. The zero-order valence-corrected chi connectivity index (χ0v) is 18.2. The topological polar surface area (TPSA) is 73.2 Å². The van der Waals surface area contributed by atoms with E-state index in [9.17, 15) is 22.8 Å². The maximum atomic E-state index is 12.4. The highest BCUT2D eigenvalue weighted by Gasteiger charge is 2.31. The first-order chi connectivity index (χ1) is 14.7. The predicted octanol–water partition coefficient (Wildman–Crippen LogP) is 5.23. The van der Waals surface area contributed by atoms with Gasteiger partial charge in [0.2, 0.25) is 0 Å². The molecule has 31 heavy (non-hydrogen) atoms. The van der Waals surface area contributed by atoms with E-state index in [2.05, 4.69) is 31.1 Å². The lowest BCUT2D eigenvalue weighted by molar-refractivity contribution is -0.274. The molecule has 6 nitrogen and oxygen atoms in total. The van der Waals surface area contributed by atoms with Crippen LogP contribution in [0.25, 0.3) is 0 Å². The zero-order valence-electron chi connectivity index (χ0n) is 16.6. The molecule has 0 aliphatic heterocycles. The number of hydrogen-bond donors (Lipinski definition) is 1. The molecule has 1 amide bonds. The second-order valence-electron chi connectivity index (χ2n) is 5.87. The van der Waals surface area contributed by atoms with Crippen LogP contribution in [0.5, 0.6) is 5.75 Å². The number of halogens is 4. The van der Waals surface area contributed by atoms with Crippen molar-refractivity contribution in [3.05, 3.63) is 86.7 Å². The molecule has 2 aromatic carbocycles. The Labute approximate surface area is 184 Å². The van der Waals surface area contributed by atoms with Crippen molar-refractivity contribution in [1.82, 2.24) is 9.78 Å². The third-order valence-electron chi connectivity index (χ3n) is 3.67. The van der Waals surface area contributed by atoms with E-state index in [0.717, 1.165) is 26.9 Å². The molecule has 1 N–H and O–H groups in total. The van der Waals surface area contributed by atoms with Crippen LogP contribution in [0.2, 0.25) is 0 Å². The van der Waals surface area contributed by atoms with E-state index in [4.69, 9.17) is 0 Å². The molecule has 1 aromatic heterocycles. The molecule has 164 valence electrons. The van der Waals surface area contributed by atoms with Crippen LogP contribution in [-0.2, 0) is 6.54 Å². The molecular formula is C21H19BrF3N3O3. The summed E-state index contributed by atoms with van der Waals surface area (Å²) >= 11 is 3.35. The highest BCUT2D eigenvalue weighted by atomic mass is 79.9. The molecule has 0 radical (unpaired) electrons. The van der Waals surface area contributed by atoms with Gasteiger partial charge in [-0.15, -0.1) is 13.2 Å². The minimum Gasteiger partial charge on any atom is -0.406 e. The molecule has 0 saturated heterocycles. The van der Waals surface area contributed by atoms with Gasteiger partial charge in [0.15, 0.2) is 0 Å². The summed E-state index contributed by atoms with van der Waals surface area (Å²) in [7, 11) is 0. The molecular weight excluding hydrogens is 479 g/mol. The van der Waals surface area contributed by atoms with Gasteiger partial charge in [-0.25, -0.2) is 4.68 Å². The van der Waals surface area contributed by atoms with Gasteiger partial charge in [-0.3, -0.25) is 9.59 Å². The molecule has 3 aromatic rings. The molecule has 0 spiro atoms. The van der Waals surface area contributed by atoms with E-state index in [1.54, 1.807) is 0 Å². The van der Waals surface area contributed by atoms with Crippen LogP contribution >= 0.6 is 15.9 Å². The van der Waals surface area contributed by atoms with Crippen molar-refractivity contribution in [1.29, 1.82) is 0 Å². The summed E-state index contributed by atoms with van der Waals surface area (Å²) in [5.74, 6) is -1.02. The van der Waals surface area contributed by atoms with Crippen molar-refractivity contribution < 1.29 is 22.7 Å². The molecule has 3 rings (SSSR count). The molecule has 1 heterocycles. The number of aromatic nitrogens is 2. The average molecular weight is 498 g/mol. The summed E-state index contributed by atoms with van der Waals surface area (Å²) in [5.41, 5.74) is 0.660. The number of nitrogens with one attached hydrogen (secondary N) is 1. The molecule has 0 saturated carbocycles. The van der Waals surface area contributed by atoms with Gasteiger partial charge >= 0.3 is 6.36 Å². The van der Waals surface area contributed by atoms with Gasteiger partial charge in [0.25, 0.3) is 11.5 Å². The van der Waals surface area contributed by atoms with Crippen LogP contribution in [-0.4, -0.2) is 22.1 Å². The van der Waals surface area contributed by atoms with Gasteiger partial charge in [0, 0.05) is 16.2 Å². The minimum absolute atomic E-state index is 0.0183. The first-order valence-corrected chi connectivity index (χ1v) is 9.99. The fraction of sp³-hybridized carbons (Fsp3) is 0.190. The predicted molar refractivity (Wildman–Crippen MR) is 114 cm³/mol. The van der Waals surface area contributed by atoms with Crippen LogP contribution in [0.15, 0.2) is 69.9 Å². The fourth-order valence-electron chi connectivity index (χ4n) is 2.43. The quantitative estimate of drug-likeness (QED) is 0.523. The number of carbonyl (C=O) groups is 1. The van der Waals surface area contributed by atoms with E-state index >= 15 is 0 Å². The zero-order chi connectivity index (χ0) is 23.0. The largest absolute Gasteiger partial charge is 0.573 e. The number of ether oxygens (including phenoxy) is 1. The van der Waals surface area contributed by atoms with Gasteiger partial charge < -0.3 is 10.1 Å². The second kappa shape index (κ2) is 10.8. The van der Waals surface area contributed by atoms with E-state index in [0.29, 0.717) is 0 Å². The highest BCUT2D eigenvalue weighted by molar-refractivity contribution is 9.10. The van der Waals surface area contributed by atoms with Crippen molar-refractivity contribution in [3.8, 4) is 5.75 Å². The lowest BCUT2D eigenvalue weighted by Gasteiger charge is -2.10. The molecule has 0 aliphatic carbocycles. The SMILES string of the molecule is CC.O=C(Nc1ccc(OC(F)(F)F)cc1)c1ccc(=O)n(Cc2cccc(Br)c2)n1. The summed E-state index contributed by atoms with van der Waals surface area (Å²) in [6.07, 6.45) is -4.79. The number of hydrogen-bond acceptors (Lipinski definition) is 4. The number of amides is 1. The van der Waals surface area contributed by atoms with Crippen molar-refractivity contribution >= 4 is 27.5 Å². The number of anilines is 1. The number of carbonyl (C=O) groups excluding carboxylic acids is 1. The lowest BCUT2D eigenvalue weighted by Crippen LogP contribution is -2.26. The second-order valence-corrected chi connectivity index (χ2v) is 6.79. The van der Waals surface area contributed by atoms with Gasteiger partial charge in [-0.05, 0) is 48.0 Å². The van der Waals surface area contributed by atoms with E-state index < -0.39 is 18.0 Å². The third kappa shape index (κ3) is 7.56. The van der Waals surface area contributed by atoms with Crippen LogP contribution in [0, 0.1) is 0 Å². The van der Waals surface area contributed by atoms with E-state index in [1.807, 2.05) is 38.1 Å². The molecule has 0 aliphatic rings. The van der Waals surface area contributed by atoms with Crippen molar-refractivity contribution in [3.63, 3.8) is 0 Å². The van der Waals surface area contributed by atoms with E-state index in [1.165, 1.54) is 24.3 Å². The average Bonchev–Trinajstić information content (AvgIpc) is 2.71.